The van der Waals surface area contributed by atoms with E-state index in [1.54, 1.807) is 17.0 Å². The number of para-hydroxylation sites is 1. The lowest BCUT2D eigenvalue weighted by Crippen LogP contribution is -2.39. The summed E-state index contributed by atoms with van der Waals surface area (Å²) in [7, 11) is 0. The number of H-pyrrole nitrogens is 1. The van der Waals surface area contributed by atoms with Crippen LogP contribution in [0.3, 0.4) is 0 Å². The van der Waals surface area contributed by atoms with Crippen LogP contribution in [0.25, 0.3) is 11.4 Å². The number of hydrogen-bond donors (Lipinski definition) is 2. The van der Waals surface area contributed by atoms with Crippen LogP contribution in [-0.4, -0.2) is 50.7 Å². The van der Waals surface area contributed by atoms with Gasteiger partial charge in [0.1, 0.15) is 0 Å². The highest BCUT2D eigenvalue weighted by Crippen LogP contribution is 2.21. The lowest BCUT2D eigenvalue weighted by Gasteiger charge is -2.21. The molecule has 2 N–H and O–H groups in total. The number of anilines is 1. The maximum absolute atomic E-state index is 12.7. The largest absolute Gasteiger partial charge is 0.333 e. The van der Waals surface area contributed by atoms with Crippen molar-refractivity contribution in [2.24, 2.45) is 0 Å². The number of nitrogens with one attached hydrogen (secondary N) is 2. The van der Waals surface area contributed by atoms with Gasteiger partial charge in [-0.05, 0) is 49.2 Å². The molecular formula is C22H24ClN5O2S. The van der Waals surface area contributed by atoms with E-state index in [4.69, 9.17) is 11.6 Å². The van der Waals surface area contributed by atoms with Crippen molar-refractivity contribution in [2.75, 3.05) is 24.2 Å². The minimum Gasteiger partial charge on any atom is -0.333 e. The smallest absolute Gasteiger partial charge is 0.244 e. The lowest BCUT2D eigenvalue weighted by atomic mass is 10.2. The minimum atomic E-state index is -0.219. The van der Waals surface area contributed by atoms with Crippen molar-refractivity contribution >= 4 is 40.9 Å². The van der Waals surface area contributed by atoms with Crippen molar-refractivity contribution in [3.05, 3.63) is 59.1 Å². The summed E-state index contributed by atoms with van der Waals surface area (Å²) in [5.74, 6) is 0.401. The zero-order valence-electron chi connectivity index (χ0n) is 17.4. The van der Waals surface area contributed by atoms with Crippen molar-refractivity contribution < 1.29 is 9.59 Å². The molecule has 0 spiro atoms. The van der Waals surface area contributed by atoms with E-state index in [2.05, 4.69) is 20.5 Å². The van der Waals surface area contributed by atoms with Gasteiger partial charge >= 0.3 is 0 Å². The zero-order valence-corrected chi connectivity index (χ0v) is 19.0. The number of aromatic amines is 1. The molecule has 7 nitrogen and oxygen atoms in total. The number of carbonyl (C=O) groups is 2. The molecule has 1 aromatic heterocycles. The van der Waals surface area contributed by atoms with Crippen molar-refractivity contribution in [3.8, 4) is 11.4 Å². The Kier molecular flexibility index (Phi) is 8.08. The first-order valence-corrected chi connectivity index (χ1v) is 11.3. The van der Waals surface area contributed by atoms with Crippen LogP contribution in [0.5, 0.6) is 0 Å². The zero-order chi connectivity index (χ0) is 22.2. The number of carbonyl (C=O) groups excluding carboxylic acids is 2. The van der Waals surface area contributed by atoms with Gasteiger partial charge in [-0.25, -0.2) is 4.98 Å². The van der Waals surface area contributed by atoms with Crippen LogP contribution < -0.4 is 5.32 Å². The second-order valence-corrected chi connectivity index (χ2v) is 8.32. The summed E-state index contributed by atoms with van der Waals surface area (Å²) in [5, 5.41) is 11.0. The van der Waals surface area contributed by atoms with Gasteiger partial charge in [-0.3, -0.25) is 14.7 Å². The summed E-state index contributed by atoms with van der Waals surface area (Å²) in [6, 6.07) is 14.8. The van der Waals surface area contributed by atoms with Gasteiger partial charge in [-0.15, -0.1) is 5.10 Å². The van der Waals surface area contributed by atoms with Crippen LogP contribution in [0.1, 0.15) is 18.9 Å². The van der Waals surface area contributed by atoms with E-state index >= 15 is 0 Å². The molecule has 0 radical (unpaired) electrons. The van der Waals surface area contributed by atoms with Gasteiger partial charge in [-0.1, -0.05) is 48.5 Å². The predicted molar refractivity (Wildman–Crippen MR) is 124 cm³/mol. The molecule has 0 saturated carbocycles. The van der Waals surface area contributed by atoms with E-state index in [0.29, 0.717) is 22.5 Å². The van der Waals surface area contributed by atoms with Gasteiger partial charge in [-0.2, -0.15) is 0 Å². The van der Waals surface area contributed by atoms with Crippen molar-refractivity contribution in [1.29, 1.82) is 0 Å². The quantitative estimate of drug-likeness (QED) is 0.464. The molecule has 31 heavy (non-hydrogen) atoms. The predicted octanol–water partition coefficient (Wildman–Crippen LogP) is 4.40. The Morgan fingerprint density at radius 2 is 1.90 bits per heavy atom. The summed E-state index contributed by atoms with van der Waals surface area (Å²) < 4.78 is 0. The van der Waals surface area contributed by atoms with Gasteiger partial charge in [0, 0.05) is 22.8 Å². The van der Waals surface area contributed by atoms with E-state index < -0.39 is 0 Å². The van der Waals surface area contributed by atoms with Crippen molar-refractivity contribution in [3.63, 3.8) is 0 Å². The molecule has 0 aliphatic rings. The number of nitrogens with zero attached hydrogens (tertiary/aromatic N) is 3. The number of halogens is 1. The fourth-order valence-corrected chi connectivity index (χ4v) is 3.73. The Morgan fingerprint density at radius 3 is 2.61 bits per heavy atom. The van der Waals surface area contributed by atoms with Crippen molar-refractivity contribution in [2.45, 2.75) is 25.4 Å². The highest BCUT2D eigenvalue weighted by atomic mass is 35.5. The molecular weight excluding hydrogens is 434 g/mol. The van der Waals surface area contributed by atoms with Crippen LogP contribution in [0, 0.1) is 6.92 Å². The molecule has 3 rings (SSSR count). The molecule has 0 aliphatic carbocycles. The lowest BCUT2D eigenvalue weighted by molar-refractivity contribution is -0.132. The summed E-state index contributed by atoms with van der Waals surface area (Å²) in [4.78, 5) is 31.2. The van der Waals surface area contributed by atoms with Gasteiger partial charge < -0.3 is 10.2 Å². The van der Waals surface area contributed by atoms with Crippen LogP contribution in [0.2, 0.25) is 5.02 Å². The second-order valence-electron chi connectivity index (χ2n) is 6.94. The standard InChI is InChI=1S/C22H24ClN5O2S/c1-3-12-28(13-19(29)24-18-7-5-4-6-15(18)2)20(30)14-31-22-25-21(26-27-22)16-8-10-17(23)11-9-16/h4-11H,3,12-14H2,1-2H3,(H,24,29)(H,25,26,27). The Labute approximate surface area is 190 Å². The Hall–Kier alpha value is -2.84. The monoisotopic (exact) mass is 457 g/mol. The number of thioether (sulfide) groups is 1. The third-order valence-corrected chi connectivity index (χ3v) is 5.59. The molecule has 0 bridgehead atoms. The average Bonchev–Trinajstić information content (AvgIpc) is 3.23. The van der Waals surface area contributed by atoms with Gasteiger partial charge in [0.25, 0.3) is 0 Å². The molecule has 0 fully saturated rings. The highest BCUT2D eigenvalue weighted by molar-refractivity contribution is 7.99. The maximum Gasteiger partial charge on any atom is 0.244 e. The molecule has 0 unspecified atom stereocenters. The number of hydrogen-bond acceptors (Lipinski definition) is 5. The average molecular weight is 458 g/mol. The van der Waals surface area contributed by atoms with Gasteiger partial charge in [0.2, 0.25) is 17.0 Å². The number of rotatable bonds is 9. The maximum atomic E-state index is 12.7. The van der Waals surface area contributed by atoms with Gasteiger partial charge in [0.15, 0.2) is 5.82 Å². The molecule has 2 aromatic carbocycles. The summed E-state index contributed by atoms with van der Waals surface area (Å²) in [6.07, 6.45) is 0.759. The van der Waals surface area contributed by atoms with Gasteiger partial charge in [0.05, 0.1) is 12.3 Å². The number of aromatic nitrogens is 3. The van der Waals surface area contributed by atoms with E-state index in [1.165, 1.54) is 11.8 Å². The molecule has 0 saturated heterocycles. The van der Waals surface area contributed by atoms with E-state index in [9.17, 15) is 9.59 Å². The fourth-order valence-electron chi connectivity index (χ4n) is 2.90. The molecule has 0 aliphatic heterocycles. The minimum absolute atomic E-state index is 0.00554. The Morgan fingerprint density at radius 1 is 1.16 bits per heavy atom. The van der Waals surface area contributed by atoms with E-state index in [1.807, 2.05) is 50.2 Å². The molecule has 1 heterocycles. The van der Waals surface area contributed by atoms with Crippen LogP contribution >= 0.6 is 23.4 Å². The first kappa shape index (κ1) is 22.8. The van der Waals surface area contributed by atoms with E-state index in [-0.39, 0.29) is 24.1 Å². The second kappa shape index (κ2) is 11.0. The third kappa shape index (κ3) is 6.57. The first-order chi connectivity index (χ1) is 15.0. The Bertz CT molecular complexity index is 1040. The summed E-state index contributed by atoms with van der Waals surface area (Å²) in [5.41, 5.74) is 2.58. The van der Waals surface area contributed by atoms with E-state index in [0.717, 1.165) is 23.2 Å². The van der Waals surface area contributed by atoms with Crippen molar-refractivity contribution in [1.82, 2.24) is 20.1 Å². The van der Waals surface area contributed by atoms with Crippen LogP contribution in [0.15, 0.2) is 53.7 Å². The molecule has 0 atom stereocenters. The first-order valence-electron chi connectivity index (χ1n) is 9.90. The molecule has 9 heteroatoms. The number of aryl methyl sites for hydroxylation is 1. The molecule has 2 amide bonds. The fraction of sp³-hybridized carbons (Fsp3) is 0.273. The summed E-state index contributed by atoms with van der Waals surface area (Å²) >= 11 is 7.14. The number of benzene rings is 2. The normalized spacial score (nSPS) is 10.7. The molecule has 3 aromatic rings. The SMILES string of the molecule is CCCN(CC(=O)Nc1ccccc1C)C(=O)CSc1n[nH]c(-c2ccc(Cl)cc2)n1. The number of amides is 2. The van der Waals surface area contributed by atoms with Crippen LogP contribution in [0.4, 0.5) is 5.69 Å². The Balaban J connectivity index is 1.56. The van der Waals surface area contributed by atoms with Crippen LogP contribution in [-0.2, 0) is 9.59 Å². The topological polar surface area (TPSA) is 91.0 Å². The summed E-state index contributed by atoms with van der Waals surface area (Å²) in [6.45, 7) is 4.41. The molecule has 162 valence electrons. The highest BCUT2D eigenvalue weighted by Gasteiger charge is 2.18. The third-order valence-electron chi connectivity index (χ3n) is 4.51.